The van der Waals surface area contributed by atoms with Crippen LogP contribution in [0.2, 0.25) is 0 Å². The Balaban J connectivity index is 1.54. The number of nitrogens with zero attached hydrogens (tertiary/aromatic N) is 1. The summed E-state index contributed by atoms with van der Waals surface area (Å²) in [5.41, 5.74) is 9.17. The summed E-state index contributed by atoms with van der Waals surface area (Å²) >= 11 is 0. The number of aryl methyl sites for hydroxylation is 1. The molecule has 0 aromatic heterocycles. The van der Waals surface area contributed by atoms with Crippen molar-refractivity contribution in [3.63, 3.8) is 0 Å². The standard InChI is InChI=1S/C23H32N4O3S/c1-4-24-31(29,30)20-13-12-17(2)21(16-20)23(28)27(3)14-8-11-19-15-22(26-25-19)18-9-6-5-7-10-18/h5-7,9-10,12-13,16,19,22,24-26H,4,8,11,14-15H2,1-3H3. The fraction of sp³-hybridized carbons (Fsp3) is 0.435. The molecule has 0 aliphatic carbocycles. The zero-order valence-corrected chi connectivity index (χ0v) is 19.2. The third kappa shape index (κ3) is 5.92. The molecular formula is C23H32N4O3S. The summed E-state index contributed by atoms with van der Waals surface area (Å²) in [5, 5.41) is 0. The van der Waals surface area contributed by atoms with E-state index >= 15 is 0 Å². The van der Waals surface area contributed by atoms with E-state index in [4.69, 9.17) is 0 Å². The fourth-order valence-corrected chi connectivity index (χ4v) is 4.94. The van der Waals surface area contributed by atoms with Gasteiger partial charge in [-0.05, 0) is 49.4 Å². The van der Waals surface area contributed by atoms with Gasteiger partial charge < -0.3 is 4.90 Å². The molecule has 2 aromatic rings. The molecule has 31 heavy (non-hydrogen) atoms. The lowest BCUT2D eigenvalue weighted by Crippen LogP contribution is -2.33. The molecule has 1 fully saturated rings. The summed E-state index contributed by atoms with van der Waals surface area (Å²) < 4.78 is 27.0. The largest absolute Gasteiger partial charge is 0.342 e. The van der Waals surface area contributed by atoms with E-state index in [0.717, 1.165) is 24.8 Å². The van der Waals surface area contributed by atoms with Gasteiger partial charge in [-0.15, -0.1) is 0 Å². The number of rotatable bonds is 9. The number of benzene rings is 2. The highest BCUT2D eigenvalue weighted by atomic mass is 32.2. The summed E-state index contributed by atoms with van der Waals surface area (Å²) in [7, 11) is -1.84. The normalized spacial score (nSPS) is 18.8. The minimum Gasteiger partial charge on any atom is -0.342 e. The first kappa shape index (κ1) is 23.4. The molecule has 0 spiro atoms. The molecule has 3 rings (SSSR count). The predicted octanol–water partition coefficient (Wildman–Crippen LogP) is 2.75. The van der Waals surface area contributed by atoms with Gasteiger partial charge in [0.15, 0.2) is 0 Å². The predicted molar refractivity (Wildman–Crippen MR) is 122 cm³/mol. The number of hydrazine groups is 1. The van der Waals surface area contributed by atoms with E-state index in [1.165, 1.54) is 17.7 Å². The van der Waals surface area contributed by atoms with Gasteiger partial charge in [0.05, 0.1) is 4.90 Å². The van der Waals surface area contributed by atoms with Crippen LogP contribution in [0.4, 0.5) is 0 Å². The number of carbonyl (C=O) groups is 1. The Labute approximate surface area is 185 Å². The molecule has 168 valence electrons. The number of hydrogen-bond donors (Lipinski definition) is 3. The van der Waals surface area contributed by atoms with Crippen molar-refractivity contribution >= 4 is 15.9 Å². The molecule has 2 aromatic carbocycles. The third-order valence-electron chi connectivity index (χ3n) is 5.66. The summed E-state index contributed by atoms with van der Waals surface area (Å²) in [4.78, 5) is 14.7. The summed E-state index contributed by atoms with van der Waals surface area (Å²) in [6.45, 7) is 4.45. The number of nitrogens with one attached hydrogen (secondary N) is 3. The van der Waals surface area contributed by atoms with Crippen LogP contribution in [0, 0.1) is 6.92 Å². The second-order valence-corrected chi connectivity index (χ2v) is 9.80. The number of hydrogen-bond acceptors (Lipinski definition) is 5. The highest BCUT2D eigenvalue weighted by Crippen LogP contribution is 2.24. The summed E-state index contributed by atoms with van der Waals surface area (Å²) in [6, 6.07) is 15.7. The van der Waals surface area contributed by atoms with Crippen LogP contribution in [0.3, 0.4) is 0 Å². The summed E-state index contributed by atoms with van der Waals surface area (Å²) in [6.07, 6.45) is 2.81. The smallest absolute Gasteiger partial charge is 0.253 e. The quantitative estimate of drug-likeness (QED) is 0.553. The van der Waals surface area contributed by atoms with Crippen molar-refractivity contribution in [3.05, 3.63) is 65.2 Å². The SMILES string of the molecule is CCNS(=O)(=O)c1ccc(C)c(C(=O)N(C)CCCC2CC(c3ccccc3)NN2)c1. The van der Waals surface area contributed by atoms with Gasteiger partial charge in [-0.1, -0.05) is 43.3 Å². The number of carbonyl (C=O) groups excluding carboxylic acids is 1. The lowest BCUT2D eigenvalue weighted by Gasteiger charge is -2.20. The fourth-order valence-electron chi connectivity index (χ4n) is 3.87. The molecule has 2 unspecified atom stereocenters. The van der Waals surface area contributed by atoms with Crippen LogP contribution in [0.15, 0.2) is 53.4 Å². The first-order valence-electron chi connectivity index (χ1n) is 10.7. The molecule has 1 amide bonds. The first-order valence-corrected chi connectivity index (χ1v) is 12.2. The van der Waals surface area contributed by atoms with Crippen molar-refractivity contribution in [2.24, 2.45) is 0 Å². The van der Waals surface area contributed by atoms with Crippen molar-refractivity contribution < 1.29 is 13.2 Å². The molecule has 1 heterocycles. The van der Waals surface area contributed by atoms with Crippen molar-refractivity contribution in [1.29, 1.82) is 0 Å². The van der Waals surface area contributed by atoms with E-state index in [1.54, 1.807) is 24.9 Å². The van der Waals surface area contributed by atoms with Crippen LogP contribution in [0.5, 0.6) is 0 Å². The number of amides is 1. The topological polar surface area (TPSA) is 90.5 Å². The minimum atomic E-state index is -3.60. The molecule has 0 saturated carbocycles. The second kappa shape index (κ2) is 10.4. The van der Waals surface area contributed by atoms with Crippen LogP contribution in [-0.4, -0.2) is 45.4 Å². The Morgan fingerprint density at radius 1 is 1.16 bits per heavy atom. The highest BCUT2D eigenvalue weighted by molar-refractivity contribution is 7.89. The maximum Gasteiger partial charge on any atom is 0.253 e. The zero-order valence-electron chi connectivity index (χ0n) is 18.4. The molecule has 8 heteroatoms. The van der Waals surface area contributed by atoms with Gasteiger partial charge in [0.1, 0.15) is 0 Å². The van der Waals surface area contributed by atoms with E-state index in [-0.39, 0.29) is 10.8 Å². The molecule has 0 radical (unpaired) electrons. The van der Waals surface area contributed by atoms with Crippen molar-refractivity contribution in [3.8, 4) is 0 Å². The van der Waals surface area contributed by atoms with Gasteiger partial charge in [-0.2, -0.15) is 0 Å². The van der Waals surface area contributed by atoms with E-state index in [9.17, 15) is 13.2 Å². The van der Waals surface area contributed by atoms with Crippen LogP contribution < -0.4 is 15.6 Å². The van der Waals surface area contributed by atoms with Crippen LogP contribution in [0.25, 0.3) is 0 Å². The molecule has 1 aliphatic heterocycles. The lowest BCUT2D eigenvalue weighted by atomic mass is 10.00. The van der Waals surface area contributed by atoms with Gasteiger partial charge in [0, 0.05) is 37.8 Å². The van der Waals surface area contributed by atoms with Gasteiger partial charge in [0.2, 0.25) is 10.0 Å². The van der Waals surface area contributed by atoms with Crippen molar-refractivity contribution in [1.82, 2.24) is 20.5 Å². The Hall–Kier alpha value is -2.26. The average Bonchev–Trinajstić information content (AvgIpc) is 3.23. The first-order chi connectivity index (χ1) is 14.8. The maximum absolute atomic E-state index is 12.9. The maximum atomic E-state index is 12.9. The zero-order chi connectivity index (χ0) is 22.4. The van der Waals surface area contributed by atoms with Crippen LogP contribution in [0.1, 0.15) is 53.7 Å². The third-order valence-corrected chi connectivity index (χ3v) is 7.20. The molecule has 0 bridgehead atoms. The molecule has 7 nitrogen and oxygen atoms in total. The van der Waals surface area contributed by atoms with Gasteiger partial charge in [0.25, 0.3) is 5.91 Å². The lowest BCUT2D eigenvalue weighted by molar-refractivity contribution is 0.0790. The highest BCUT2D eigenvalue weighted by Gasteiger charge is 2.25. The molecular weight excluding hydrogens is 412 g/mol. The Morgan fingerprint density at radius 3 is 2.61 bits per heavy atom. The molecule has 1 aliphatic rings. The van der Waals surface area contributed by atoms with E-state index < -0.39 is 10.0 Å². The van der Waals surface area contributed by atoms with Crippen molar-refractivity contribution in [2.45, 2.75) is 50.1 Å². The molecule has 1 saturated heterocycles. The summed E-state index contributed by atoms with van der Waals surface area (Å²) in [5.74, 6) is -0.161. The Morgan fingerprint density at radius 2 is 1.90 bits per heavy atom. The van der Waals surface area contributed by atoms with Gasteiger partial charge in [-0.25, -0.2) is 13.1 Å². The monoisotopic (exact) mass is 444 g/mol. The van der Waals surface area contributed by atoms with Gasteiger partial charge >= 0.3 is 0 Å². The number of sulfonamides is 1. The van der Waals surface area contributed by atoms with E-state index in [2.05, 4.69) is 27.7 Å². The van der Waals surface area contributed by atoms with Crippen molar-refractivity contribution in [2.75, 3.05) is 20.1 Å². The average molecular weight is 445 g/mol. The molecule has 2 atom stereocenters. The minimum absolute atomic E-state index is 0.116. The van der Waals surface area contributed by atoms with E-state index in [1.807, 2.05) is 25.1 Å². The molecule has 3 N–H and O–H groups in total. The second-order valence-electron chi connectivity index (χ2n) is 8.03. The van der Waals surface area contributed by atoms with Gasteiger partial charge in [-0.3, -0.25) is 15.6 Å². The Kier molecular flexibility index (Phi) is 7.83. The van der Waals surface area contributed by atoms with E-state index in [0.29, 0.717) is 30.7 Å². The Bertz CT molecular complexity index is 995. The van der Waals surface area contributed by atoms with Crippen LogP contribution in [-0.2, 0) is 10.0 Å². The van der Waals surface area contributed by atoms with Crippen LogP contribution >= 0.6 is 0 Å².